The van der Waals surface area contributed by atoms with Gasteiger partial charge in [0.2, 0.25) is 21.7 Å². The van der Waals surface area contributed by atoms with Gasteiger partial charge in [-0.05, 0) is 80.3 Å². The van der Waals surface area contributed by atoms with Crippen LogP contribution in [0.2, 0.25) is 0 Å². The van der Waals surface area contributed by atoms with E-state index in [9.17, 15) is 22.8 Å². The van der Waals surface area contributed by atoms with E-state index in [1.165, 1.54) is 21.3 Å². The number of amides is 1. The van der Waals surface area contributed by atoms with E-state index >= 15 is 0 Å². The van der Waals surface area contributed by atoms with Gasteiger partial charge >= 0.3 is 5.97 Å². The third-order valence-corrected chi connectivity index (χ3v) is 8.16. The number of sulfonamides is 1. The van der Waals surface area contributed by atoms with Crippen LogP contribution >= 0.6 is 0 Å². The average Bonchev–Trinajstić information content (AvgIpc) is 3.42. The van der Waals surface area contributed by atoms with Crippen LogP contribution in [0.3, 0.4) is 0 Å². The van der Waals surface area contributed by atoms with Crippen molar-refractivity contribution in [2.75, 3.05) is 18.0 Å². The molecular weight excluding hydrogens is 504 g/mol. The number of benzene rings is 3. The lowest BCUT2D eigenvalue weighted by molar-refractivity contribution is -0.163. The molecule has 1 heterocycles. The first-order valence-electron chi connectivity index (χ1n) is 12.6. The zero-order valence-corrected chi connectivity index (χ0v) is 22.7. The van der Waals surface area contributed by atoms with Crippen LogP contribution in [0.4, 0.5) is 5.69 Å². The number of fused-ring (bicyclic) bond motifs is 1. The highest BCUT2D eigenvalue weighted by atomic mass is 32.2. The molecule has 3 aromatic carbocycles. The fourth-order valence-electron chi connectivity index (χ4n) is 4.36. The van der Waals surface area contributed by atoms with Crippen molar-refractivity contribution in [3.05, 3.63) is 72.3 Å². The summed E-state index contributed by atoms with van der Waals surface area (Å²) >= 11 is 0. The molecule has 0 atom stereocenters. The van der Waals surface area contributed by atoms with Gasteiger partial charge in [-0.25, -0.2) is 13.2 Å². The first-order chi connectivity index (χ1) is 17.9. The van der Waals surface area contributed by atoms with Crippen LogP contribution in [0.25, 0.3) is 10.8 Å². The van der Waals surface area contributed by atoms with Crippen LogP contribution in [0.5, 0.6) is 0 Å². The predicted octanol–water partition coefficient (Wildman–Crippen LogP) is 4.46. The summed E-state index contributed by atoms with van der Waals surface area (Å²) in [6.45, 7) is 6.04. The number of hydrogen-bond acceptors (Lipinski definition) is 6. The summed E-state index contributed by atoms with van der Waals surface area (Å²) in [5.41, 5.74) is 0.369. The largest absolute Gasteiger partial charge is 0.454 e. The van der Waals surface area contributed by atoms with Crippen LogP contribution in [0.1, 0.15) is 45.6 Å². The van der Waals surface area contributed by atoms with E-state index in [-0.39, 0.29) is 11.4 Å². The number of carbonyl (C=O) groups excluding carboxylic acids is 3. The molecule has 8 nitrogen and oxygen atoms in total. The van der Waals surface area contributed by atoms with E-state index in [4.69, 9.17) is 4.74 Å². The number of anilines is 1. The quantitative estimate of drug-likeness (QED) is 0.239. The van der Waals surface area contributed by atoms with Gasteiger partial charge in [0, 0.05) is 18.8 Å². The van der Waals surface area contributed by atoms with E-state index in [0.717, 1.165) is 29.2 Å². The molecule has 9 heteroatoms. The number of esters is 1. The number of hydrogen-bond donors (Lipinski definition) is 0. The average molecular weight is 537 g/mol. The van der Waals surface area contributed by atoms with Crippen molar-refractivity contribution in [3.8, 4) is 0 Å². The molecule has 0 spiro atoms. The Morgan fingerprint density at radius 2 is 1.53 bits per heavy atom. The van der Waals surface area contributed by atoms with Gasteiger partial charge in [0.05, 0.1) is 17.9 Å². The number of ether oxygens (including phenoxy) is 1. The lowest BCUT2D eigenvalue weighted by Gasteiger charge is -2.24. The van der Waals surface area contributed by atoms with Crippen molar-refractivity contribution in [1.29, 1.82) is 0 Å². The second-order valence-corrected chi connectivity index (χ2v) is 12.3. The predicted molar refractivity (Wildman–Crippen MR) is 145 cm³/mol. The minimum absolute atomic E-state index is 0.128. The smallest absolute Gasteiger partial charge is 0.375 e. The molecule has 1 aliphatic heterocycles. The normalized spacial score (nSPS) is 14.4. The van der Waals surface area contributed by atoms with Crippen LogP contribution < -0.4 is 4.90 Å². The summed E-state index contributed by atoms with van der Waals surface area (Å²) in [4.78, 5) is 39.6. The van der Waals surface area contributed by atoms with Crippen molar-refractivity contribution in [1.82, 2.24) is 4.31 Å². The molecular formula is C29H32N2O6S. The molecule has 0 unspecified atom stereocenters. The minimum Gasteiger partial charge on any atom is -0.454 e. The Morgan fingerprint density at radius 1 is 0.895 bits per heavy atom. The van der Waals surface area contributed by atoms with E-state index in [1.54, 1.807) is 32.9 Å². The highest BCUT2D eigenvalue weighted by Gasteiger charge is 2.29. The first kappa shape index (κ1) is 27.5. The fourth-order valence-corrected chi connectivity index (χ4v) is 5.88. The fraction of sp³-hybridized carbons (Fsp3) is 0.345. The third kappa shape index (κ3) is 6.46. The highest BCUT2D eigenvalue weighted by Crippen LogP contribution is 2.26. The lowest BCUT2D eigenvalue weighted by atomic mass is 10.1. The molecule has 0 aromatic heterocycles. The van der Waals surface area contributed by atoms with Crippen molar-refractivity contribution in [2.24, 2.45) is 0 Å². The monoisotopic (exact) mass is 536 g/mol. The zero-order chi connectivity index (χ0) is 27.5. The summed E-state index contributed by atoms with van der Waals surface area (Å²) in [7, 11) is -3.62. The number of carbonyl (C=O) groups is 3. The Kier molecular flexibility index (Phi) is 7.99. The first-order valence-corrected chi connectivity index (χ1v) is 14.0. The molecule has 0 radical (unpaired) electrons. The zero-order valence-electron chi connectivity index (χ0n) is 21.8. The van der Waals surface area contributed by atoms with E-state index < -0.39 is 39.7 Å². The number of nitrogens with zero attached hydrogens (tertiary/aromatic N) is 2. The van der Waals surface area contributed by atoms with Gasteiger partial charge in [0.1, 0.15) is 5.60 Å². The van der Waals surface area contributed by atoms with Gasteiger partial charge in [-0.2, -0.15) is 4.31 Å². The standard InChI is InChI=1S/C29H32N2O6S/c1-29(2,3)37-28(34)26(32)19-27(33)31(20-21-10-11-22-8-4-5-9-23(22)18-21)24-12-14-25(15-13-24)38(35,36)30-16-6-7-17-30/h4-5,8-15,18H,6-7,16-17,19-20H2,1-3H3. The number of rotatable bonds is 8. The molecule has 0 aliphatic carbocycles. The molecule has 1 saturated heterocycles. The summed E-state index contributed by atoms with van der Waals surface area (Å²) in [6, 6.07) is 19.7. The highest BCUT2D eigenvalue weighted by molar-refractivity contribution is 7.89. The van der Waals surface area contributed by atoms with Gasteiger partial charge in [-0.15, -0.1) is 0 Å². The molecule has 1 fully saturated rings. The summed E-state index contributed by atoms with van der Waals surface area (Å²) in [6.07, 6.45) is 0.990. The van der Waals surface area contributed by atoms with Crippen LogP contribution in [-0.4, -0.2) is 49.1 Å². The molecule has 200 valence electrons. The Hall–Kier alpha value is -3.56. The summed E-state index contributed by atoms with van der Waals surface area (Å²) < 4.78 is 32.5. The summed E-state index contributed by atoms with van der Waals surface area (Å²) in [5, 5.41) is 2.04. The second-order valence-electron chi connectivity index (χ2n) is 10.4. The maximum absolute atomic E-state index is 13.4. The lowest BCUT2D eigenvalue weighted by Crippen LogP contribution is -2.36. The summed E-state index contributed by atoms with van der Waals surface area (Å²) in [5.74, 6) is -2.60. The Balaban J connectivity index is 1.62. The van der Waals surface area contributed by atoms with E-state index in [2.05, 4.69) is 0 Å². The van der Waals surface area contributed by atoms with Crippen LogP contribution in [0.15, 0.2) is 71.6 Å². The maximum Gasteiger partial charge on any atom is 0.375 e. The van der Waals surface area contributed by atoms with Gasteiger partial charge < -0.3 is 9.64 Å². The van der Waals surface area contributed by atoms with Gasteiger partial charge in [-0.1, -0.05) is 36.4 Å². The van der Waals surface area contributed by atoms with Crippen molar-refractivity contribution in [2.45, 2.75) is 57.1 Å². The molecule has 1 amide bonds. The molecule has 0 N–H and O–H groups in total. The van der Waals surface area contributed by atoms with Gasteiger partial charge in [-0.3, -0.25) is 9.59 Å². The van der Waals surface area contributed by atoms with Crippen LogP contribution in [-0.2, 0) is 35.7 Å². The molecule has 0 saturated carbocycles. The molecule has 1 aliphatic rings. The Morgan fingerprint density at radius 3 is 2.16 bits per heavy atom. The van der Waals surface area contributed by atoms with E-state index in [0.29, 0.717) is 18.8 Å². The third-order valence-electron chi connectivity index (χ3n) is 6.25. The van der Waals surface area contributed by atoms with Gasteiger partial charge in [0.25, 0.3) is 0 Å². The minimum atomic E-state index is -3.62. The second kappa shape index (κ2) is 11.0. The van der Waals surface area contributed by atoms with Crippen molar-refractivity contribution < 1.29 is 27.5 Å². The Bertz CT molecular complexity index is 1450. The molecule has 38 heavy (non-hydrogen) atoms. The number of Topliss-reactive ketones (excluding diaryl/α,β-unsaturated/α-hetero) is 1. The van der Waals surface area contributed by atoms with Gasteiger partial charge in [0.15, 0.2) is 0 Å². The topological polar surface area (TPSA) is 101 Å². The molecule has 0 bridgehead atoms. The molecule has 3 aromatic rings. The SMILES string of the molecule is CC(C)(C)OC(=O)C(=O)CC(=O)N(Cc1ccc2ccccc2c1)c1ccc(S(=O)(=O)N2CCCC2)cc1. The van der Waals surface area contributed by atoms with Crippen molar-refractivity contribution >= 4 is 44.1 Å². The van der Waals surface area contributed by atoms with Crippen molar-refractivity contribution in [3.63, 3.8) is 0 Å². The van der Waals surface area contributed by atoms with Crippen LogP contribution in [0, 0.1) is 0 Å². The molecule has 4 rings (SSSR count). The van der Waals surface area contributed by atoms with E-state index in [1.807, 2.05) is 42.5 Å². The maximum atomic E-state index is 13.4. The number of ketones is 1. The Labute approximate surface area is 223 Å².